The van der Waals surface area contributed by atoms with Gasteiger partial charge in [0, 0.05) is 32.8 Å². The largest absolute Gasteiger partial charge is 0.380 e. The SMILES string of the molecule is CO[C@@H](C)CN1CCCN(C2CCCC2)CC1. The van der Waals surface area contributed by atoms with E-state index in [1.807, 2.05) is 7.11 Å². The maximum absolute atomic E-state index is 5.37. The molecule has 1 aliphatic carbocycles. The molecule has 0 amide bonds. The van der Waals surface area contributed by atoms with E-state index in [1.165, 1.54) is 58.3 Å². The maximum atomic E-state index is 5.37. The Morgan fingerprint density at radius 3 is 2.53 bits per heavy atom. The Morgan fingerprint density at radius 1 is 1.06 bits per heavy atom. The first kappa shape index (κ1) is 13.3. The van der Waals surface area contributed by atoms with E-state index in [2.05, 4.69) is 16.7 Å². The van der Waals surface area contributed by atoms with Crippen LogP contribution in [0, 0.1) is 0 Å². The van der Waals surface area contributed by atoms with Gasteiger partial charge < -0.3 is 4.74 Å². The summed E-state index contributed by atoms with van der Waals surface area (Å²) in [5, 5.41) is 0. The minimum atomic E-state index is 0.369. The predicted molar refractivity (Wildman–Crippen MR) is 71.4 cm³/mol. The van der Waals surface area contributed by atoms with Crippen LogP contribution in [-0.4, -0.2) is 61.8 Å². The molecule has 1 saturated heterocycles. The Balaban J connectivity index is 1.76. The van der Waals surface area contributed by atoms with E-state index in [-0.39, 0.29) is 0 Å². The van der Waals surface area contributed by atoms with E-state index in [9.17, 15) is 0 Å². The van der Waals surface area contributed by atoms with Crippen LogP contribution in [0.5, 0.6) is 0 Å². The first-order valence-corrected chi connectivity index (χ1v) is 7.29. The topological polar surface area (TPSA) is 15.7 Å². The number of rotatable bonds is 4. The van der Waals surface area contributed by atoms with Gasteiger partial charge in [0.05, 0.1) is 6.10 Å². The third-order valence-electron chi connectivity index (χ3n) is 4.38. The zero-order chi connectivity index (χ0) is 12.1. The van der Waals surface area contributed by atoms with E-state index in [1.54, 1.807) is 0 Å². The number of ether oxygens (including phenoxy) is 1. The van der Waals surface area contributed by atoms with Crippen LogP contribution in [0.3, 0.4) is 0 Å². The van der Waals surface area contributed by atoms with Crippen LogP contribution in [0.15, 0.2) is 0 Å². The molecule has 100 valence electrons. The zero-order valence-corrected chi connectivity index (χ0v) is 11.5. The number of hydrogen-bond donors (Lipinski definition) is 0. The van der Waals surface area contributed by atoms with Crippen LogP contribution in [0.4, 0.5) is 0 Å². The minimum Gasteiger partial charge on any atom is -0.380 e. The lowest BCUT2D eigenvalue weighted by Gasteiger charge is -2.27. The highest BCUT2D eigenvalue weighted by atomic mass is 16.5. The van der Waals surface area contributed by atoms with Crippen molar-refractivity contribution in [1.29, 1.82) is 0 Å². The molecule has 2 fully saturated rings. The molecule has 0 N–H and O–H groups in total. The smallest absolute Gasteiger partial charge is 0.0670 e. The van der Waals surface area contributed by atoms with Crippen molar-refractivity contribution < 1.29 is 4.74 Å². The molecule has 2 aliphatic rings. The van der Waals surface area contributed by atoms with Crippen molar-refractivity contribution in [2.75, 3.05) is 39.8 Å². The molecule has 1 atom stereocenters. The molecule has 0 radical (unpaired) electrons. The second-order valence-electron chi connectivity index (χ2n) is 5.67. The van der Waals surface area contributed by atoms with Gasteiger partial charge in [0.25, 0.3) is 0 Å². The monoisotopic (exact) mass is 240 g/mol. The second kappa shape index (κ2) is 6.72. The normalized spacial score (nSPS) is 27.2. The van der Waals surface area contributed by atoms with Gasteiger partial charge in [0.1, 0.15) is 0 Å². The summed E-state index contributed by atoms with van der Waals surface area (Å²) in [5.74, 6) is 0. The summed E-state index contributed by atoms with van der Waals surface area (Å²) in [6.07, 6.45) is 7.47. The fraction of sp³-hybridized carbons (Fsp3) is 1.00. The van der Waals surface area contributed by atoms with Gasteiger partial charge >= 0.3 is 0 Å². The molecule has 0 aromatic carbocycles. The summed E-state index contributed by atoms with van der Waals surface area (Å²) < 4.78 is 5.37. The molecule has 2 rings (SSSR count). The van der Waals surface area contributed by atoms with Crippen molar-refractivity contribution in [3.63, 3.8) is 0 Å². The lowest BCUT2D eigenvalue weighted by molar-refractivity contribution is 0.0775. The van der Waals surface area contributed by atoms with Gasteiger partial charge in [-0.25, -0.2) is 0 Å². The van der Waals surface area contributed by atoms with Crippen LogP contribution in [0.2, 0.25) is 0 Å². The highest BCUT2D eigenvalue weighted by Crippen LogP contribution is 2.24. The van der Waals surface area contributed by atoms with Crippen molar-refractivity contribution in [2.24, 2.45) is 0 Å². The molecule has 0 aromatic rings. The lowest BCUT2D eigenvalue weighted by atomic mass is 10.2. The quantitative estimate of drug-likeness (QED) is 0.747. The highest BCUT2D eigenvalue weighted by Gasteiger charge is 2.24. The summed E-state index contributed by atoms with van der Waals surface area (Å²) in [6.45, 7) is 8.30. The van der Waals surface area contributed by atoms with Crippen molar-refractivity contribution in [3.8, 4) is 0 Å². The summed E-state index contributed by atoms with van der Waals surface area (Å²) >= 11 is 0. The average Bonchev–Trinajstić information content (AvgIpc) is 2.77. The summed E-state index contributed by atoms with van der Waals surface area (Å²) in [6, 6.07) is 0.898. The van der Waals surface area contributed by atoms with E-state index in [0.29, 0.717) is 6.10 Å². The molecule has 1 saturated carbocycles. The van der Waals surface area contributed by atoms with Crippen LogP contribution < -0.4 is 0 Å². The molecule has 0 aromatic heterocycles. The Kier molecular flexibility index (Phi) is 5.26. The Labute approximate surface area is 106 Å². The molecule has 0 bridgehead atoms. The Hall–Kier alpha value is -0.120. The lowest BCUT2D eigenvalue weighted by Crippen LogP contribution is -2.38. The zero-order valence-electron chi connectivity index (χ0n) is 11.5. The van der Waals surface area contributed by atoms with Gasteiger partial charge in [-0.15, -0.1) is 0 Å². The molecule has 3 nitrogen and oxygen atoms in total. The third kappa shape index (κ3) is 3.94. The van der Waals surface area contributed by atoms with Gasteiger partial charge in [-0.05, 0) is 39.3 Å². The molecule has 0 unspecified atom stereocenters. The van der Waals surface area contributed by atoms with Gasteiger partial charge in [0.2, 0.25) is 0 Å². The molecule has 17 heavy (non-hydrogen) atoms. The van der Waals surface area contributed by atoms with Gasteiger partial charge in [-0.1, -0.05) is 12.8 Å². The second-order valence-corrected chi connectivity index (χ2v) is 5.67. The highest BCUT2D eigenvalue weighted by molar-refractivity contribution is 4.80. The summed E-state index contributed by atoms with van der Waals surface area (Å²) in [4.78, 5) is 5.31. The molecule has 1 heterocycles. The Bertz CT molecular complexity index is 216. The average molecular weight is 240 g/mol. The minimum absolute atomic E-state index is 0.369. The molecule has 1 aliphatic heterocycles. The fourth-order valence-electron chi connectivity index (χ4n) is 3.25. The van der Waals surface area contributed by atoms with Gasteiger partial charge in [-0.2, -0.15) is 0 Å². The molecular weight excluding hydrogens is 212 g/mol. The summed E-state index contributed by atoms with van der Waals surface area (Å²) in [7, 11) is 1.81. The predicted octanol–water partition coefficient (Wildman–Crippen LogP) is 1.97. The maximum Gasteiger partial charge on any atom is 0.0670 e. The molecule has 3 heteroatoms. The first-order valence-electron chi connectivity index (χ1n) is 7.29. The van der Waals surface area contributed by atoms with E-state index in [0.717, 1.165) is 12.6 Å². The van der Waals surface area contributed by atoms with E-state index >= 15 is 0 Å². The van der Waals surface area contributed by atoms with Gasteiger partial charge in [-0.3, -0.25) is 9.80 Å². The van der Waals surface area contributed by atoms with Crippen LogP contribution >= 0.6 is 0 Å². The van der Waals surface area contributed by atoms with Crippen LogP contribution in [-0.2, 0) is 4.74 Å². The Morgan fingerprint density at radius 2 is 1.82 bits per heavy atom. The van der Waals surface area contributed by atoms with Crippen LogP contribution in [0.1, 0.15) is 39.0 Å². The van der Waals surface area contributed by atoms with Crippen LogP contribution in [0.25, 0.3) is 0 Å². The van der Waals surface area contributed by atoms with Crippen molar-refractivity contribution >= 4 is 0 Å². The standard InChI is InChI=1S/C14H28N2O/c1-13(17-2)12-15-8-5-9-16(11-10-15)14-6-3-4-7-14/h13-14H,3-12H2,1-2H3/t13-/m0/s1. The van der Waals surface area contributed by atoms with Crippen molar-refractivity contribution in [1.82, 2.24) is 9.80 Å². The fourth-order valence-corrected chi connectivity index (χ4v) is 3.25. The number of hydrogen-bond acceptors (Lipinski definition) is 3. The van der Waals surface area contributed by atoms with Gasteiger partial charge in [0.15, 0.2) is 0 Å². The van der Waals surface area contributed by atoms with Crippen molar-refractivity contribution in [2.45, 2.75) is 51.2 Å². The number of nitrogens with zero attached hydrogens (tertiary/aromatic N) is 2. The van der Waals surface area contributed by atoms with Crippen molar-refractivity contribution in [3.05, 3.63) is 0 Å². The van der Waals surface area contributed by atoms with E-state index in [4.69, 9.17) is 4.74 Å². The summed E-state index contributed by atoms with van der Waals surface area (Å²) in [5.41, 5.74) is 0. The number of methoxy groups -OCH3 is 1. The molecule has 0 spiro atoms. The third-order valence-corrected chi connectivity index (χ3v) is 4.38. The first-order chi connectivity index (χ1) is 8.29. The van der Waals surface area contributed by atoms with E-state index < -0.39 is 0 Å². The molecular formula is C14H28N2O.